The number of hydrogen-bond donors (Lipinski definition) is 2. The van der Waals surface area contributed by atoms with Crippen molar-refractivity contribution in [1.82, 2.24) is 20.3 Å². The predicted molar refractivity (Wildman–Crippen MR) is 124 cm³/mol. The fourth-order valence-electron chi connectivity index (χ4n) is 3.06. The van der Waals surface area contributed by atoms with Crippen LogP contribution in [0.5, 0.6) is 11.5 Å². The molecule has 2 aromatic carbocycles. The van der Waals surface area contributed by atoms with E-state index < -0.39 is 0 Å². The van der Waals surface area contributed by atoms with Gasteiger partial charge in [-0.1, -0.05) is 11.8 Å². The smallest absolute Gasteiger partial charge is 0.217 e. The van der Waals surface area contributed by atoms with E-state index in [1.54, 1.807) is 12.4 Å². The van der Waals surface area contributed by atoms with Crippen LogP contribution in [-0.4, -0.2) is 27.4 Å². The molecular weight excluding hydrogens is 402 g/mol. The molecule has 0 unspecified atom stereocenters. The second-order valence-electron chi connectivity index (χ2n) is 7.06. The van der Waals surface area contributed by atoms with E-state index in [4.69, 9.17) is 4.74 Å². The summed E-state index contributed by atoms with van der Waals surface area (Å²) in [5, 5.41) is 6.88. The average molecular weight is 423 g/mol. The normalized spacial score (nSPS) is 10.2. The fraction of sp³-hybridized carbons (Fsp3) is 0.120. The largest absolute Gasteiger partial charge is 0.455 e. The van der Waals surface area contributed by atoms with Crippen molar-refractivity contribution in [2.75, 3.05) is 11.9 Å². The topological polar surface area (TPSA) is 89.0 Å². The van der Waals surface area contributed by atoms with Crippen LogP contribution >= 0.6 is 0 Å². The highest BCUT2D eigenvalue weighted by atomic mass is 16.5. The van der Waals surface area contributed by atoms with Crippen molar-refractivity contribution < 1.29 is 9.53 Å². The van der Waals surface area contributed by atoms with Crippen LogP contribution in [0, 0.1) is 18.8 Å². The number of nitrogens with zero attached hydrogens (tertiary/aromatic N) is 3. The van der Waals surface area contributed by atoms with Gasteiger partial charge in [-0.3, -0.25) is 9.78 Å². The van der Waals surface area contributed by atoms with Gasteiger partial charge in [-0.15, -0.1) is 0 Å². The molecule has 2 N–H and O–H groups in total. The van der Waals surface area contributed by atoms with Crippen molar-refractivity contribution in [3.63, 3.8) is 0 Å². The number of carbonyl (C=O) groups excluding carboxylic acids is 1. The number of amides is 1. The third-order valence-electron chi connectivity index (χ3n) is 4.59. The number of benzene rings is 2. The molecule has 0 radical (unpaired) electrons. The highest BCUT2D eigenvalue weighted by molar-refractivity contribution is 5.91. The lowest BCUT2D eigenvalue weighted by atomic mass is 10.1. The summed E-state index contributed by atoms with van der Waals surface area (Å²) in [6, 6.07) is 15.3. The summed E-state index contributed by atoms with van der Waals surface area (Å²) in [5.41, 5.74) is 3.48. The minimum atomic E-state index is -0.107. The van der Waals surface area contributed by atoms with Gasteiger partial charge in [0.2, 0.25) is 5.91 Å². The van der Waals surface area contributed by atoms with Crippen LogP contribution in [-0.2, 0) is 4.79 Å². The van der Waals surface area contributed by atoms with Crippen LogP contribution in [0.2, 0.25) is 0 Å². The van der Waals surface area contributed by atoms with Crippen LogP contribution in [0.25, 0.3) is 10.9 Å². The fourth-order valence-corrected chi connectivity index (χ4v) is 3.06. The Morgan fingerprint density at radius 3 is 2.81 bits per heavy atom. The van der Waals surface area contributed by atoms with Crippen molar-refractivity contribution in [2.45, 2.75) is 13.8 Å². The molecule has 4 aromatic rings. The third-order valence-corrected chi connectivity index (χ3v) is 4.59. The van der Waals surface area contributed by atoms with E-state index in [9.17, 15) is 4.79 Å². The summed E-state index contributed by atoms with van der Waals surface area (Å²) in [7, 11) is 0. The summed E-state index contributed by atoms with van der Waals surface area (Å²) in [5.74, 6) is 8.01. The minimum Gasteiger partial charge on any atom is -0.455 e. The highest BCUT2D eigenvalue weighted by Gasteiger charge is 2.08. The molecule has 7 nitrogen and oxygen atoms in total. The quantitative estimate of drug-likeness (QED) is 0.464. The summed E-state index contributed by atoms with van der Waals surface area (Å²) in [6.07, 6.45) is 4.91. The van der Waals surface area contributed by atoms with Gasteiger partial charge in [0.1, 0.15) is 23.6 Å². The van der Waals surface area contributed by atoms with Gasteiger partial charge in [-0.05, 0) is 61.0 Å². The zero-order valence-corrected chi connectivity index (χ0v) is 17.7. The van der Waals surface area contributed by atoms with Crippen molar-refractivity contribution in [2.24, 2.45) is 0 Å². The van der Waals surface area contributed by atoms with Gasteiger partial charge < -0.3 is 15.4 Å². The number of ether oxygens (including phenoxy) is 1. The number of carbonyl (C=O) groups is 1. The maximum atomic E-state index is 11.0. The Balaban J connectivity index is 1.56. The molecule has 0 aliphatic carbocycles. The van der Waals surface area contributed by atoms with Crippen molar-refractivity contribution >= 4 is 28.3 Å². The van der Waals surface area contributed by atoms with Gasteiger partial charge in [0.05, 0.1) is 18.3 Å². The van der Waals surface area contributed by atoms with Gasteiger partial charge in [0.25, 0.3) is 0 Å². The average Bonchev–Trinajstić information content (AvgIpc) is 2.79. The molecule has 0 aliphatic heterocycles. The Hall–Kier alpha value is -4.44. The van der Waals surface area contributed by atoms with Gasteiger partial charge in [0.15, 0.2) is 0 Å². The van der Waals surface area contributed by atoms with Crippen molar-refractivity contribution in [3.8, 4) is 23.3 Å². The second kappa shape index (κ2) is 9.58. The minimum absolute atomic E-state index is 0.107. The summed E-state index contributed by atoms with van der Waals surface area (Å²) >= 11 is 0. The zero-order valence-electron chi connectivity index (χ0n) is 17.7. The molecule has 2 aromatic heterocycles. The number of aryl methyl sites for hydroxylation is 1. The third kappa shape index (κ3) is 5.18. The predicted octanol–water partition coefficient (Wildman–Crippen LogP) is 4.36. The Bertz CT molecular complexity index is 1330. The van der Waals surface area contributed by atoms with E-state index in [-0.39, 0.29) is 5.91 Å². The first-order valence-electron chi connectivity index (χ1n) is 10.0. The van der Waals surface area contributed by atoms with E-state index in [1.807, 2.05) is 55.5 Å². The standard InChI is InChI=1S/C25H21N5O2/c1-17-13-20(8-10-24(17)32-21-6-4-11-26-15-21)30-25-22-14-19(5-3-12-27-18(2)31)7-9-23(22)28-16-29-25/h4,6-11,13-16H,12H2,1-2H3,(H,27,31)(H,28,29,30). The SMILES string of the molecule is CC(=O)NCC#Cc1ccc2ncnc(Nc3ccc(Oc4cccnc4)c(C)c3)c2c1. The first kappa shape index (κ1) is 20.8. The van der Waals surface area contributed by atoms with Crippen molar-refractivity contribution in [1.29, 1.82) is 0 Å². The molecule has 0 aliphatic rings. The monoisotopic (exact) mass is 423 g/mol. The molecule has 7 heteroatoms. The number of rotatable bonds is 5. The maximum absolute atomic E-state index is 11.0. The number of fused-ring (bicyclic) bond motifs is 1. The number of anilines is 2. The van der Waals surface area contributed by atoms with E-state index >= 15 is 0 Å². The van der Waals surface area contributed by atoms with E-state index in [1.165, 1.54) is 13.3 Å². The highest BCUT2D eigenvalue weighted by Crippen LogP contribution is 2.29. The Kier molecular flexibility index (Phi) is 6.23. The summed E-state index contributed by atoms with van der Waals surface area (Å²) in [4.78, 5) is 23.8. The zero-order chi connectivity index (χ0) is 22.3. The van der Waals surface area contributed by atoms with Crippen molar-refractivity contribution in [3.05, 3.63) is 78.4 Å². The molecular formula is C25H21N5O2. The first-order chi connectivity index (χ1) is 15.6. The summed E-state index contributed by atoms with van der Waals surface area (Å²) in [6.45, 7) is 3.75. The molecule has 0 bridgehead atoms. The number of nitrogens with one attached hydrogen (secondary N) is 2. The van der Waals surface area contributed by atoms with Gasteiger partial charge in [-0.25, -0.2) is 9.97 Å². The number of aromatic nitrogens is 3. The lowest BCUT2D eigenvalue weighted by Gasteiger charge is -2.12. The number of pyridine rings is 1. The van der Waals surface area contributed by atoms with Crippen LogP contribution in [0.4, 0.5) is 11.5 Å². The van der Waals surface area contributed by atoms with Crippen LogP contribution in [0.15, 0.2) is 67.3 Å². The molecule has 32 heavy (non-hydrogen) atoms. The van der Waals surface area contributed by atoms with Crippen LogP contribution < -0.4 is 15.4 Å². The molecule has 0 saturated heterocycles. The van der Waals surface area contributed by atoms with Gasteiger partial charge in [0, 0.05) is 29.8 Å². The Morgan fingerprint density at radius 2 is 2.03 bits per heavy atom. The van der Waals surface area contributed by atoms with Gasteiger partial charge >= 0.3 is 0 Å². The van der Waals surface area contributed by atoms with Crippen LogP contribution in [0.1, 0.15) is 18.1 Å². The van der Waals surface area contributed by atoms with E-state index in [0.717, 1.165) is 33.5 Å². The van der Waals surface area contributed by atoms with E-state index in [0.29, 0.717) is 18.1 Å². The van der Waals surface area contributed by atoms with Gasteiger partial charge in [-0.2, -0.15) is 0 Å². The molecule has 0 spiro atoms. The maximum Gasteiger partial charge on any atom is 0.217 e. The Labute approximate surface area is 185 Å². The number of hydrogen-bond acceptors (Lipinski definition) is 6. The molecule has 0 fully saturated rings. The second-order valence-corrected chi connectivity index (χ2v) is 7.06. The molecule has 2 heterocycles. The molecule has 0 atom stereocenters. The van der Waals surface area contributed by atoms with E-state index in [2.05, 4.69) is 37.4 Å². The lowest BCUT2D eigenvalue weighted by Crippen LogP contribution is -2.19. The molecule has 158 valence electrons. The first-order valence-corrected chi connectivity index (χ1v) is 10.0. The summed E-state index contributed by atoms with van der Waals surface area (Å²) < 4.78 is 5.90. The molecule has 1 amide bonds. The molecule has 4 rings (SSSR count). The lowest BCUT2D eigenvalue weighted by molar-refractivity contribution is -0.118. The Morgan fingerprint density at radius 1 is 1.12 bits per heavy atom. The molecule has 0 saturated carbocycles. The van der Waals surface area contributed by atoms with Crippen LogP contribution in [0.3, 0.4) is 0 Å².